The van der Waals surface area contributed by atoms with Crippen LogP contribution in [0.5, 0.6) is 0 Å². The van der Waals surface area contributed by atoms with E-state index in [1.54, 1.807) is 18.0 Å². The topological polar surface area (TPSA) is 118 Å². The monoisotopic (exact) mass is 478 g/mol. The van der Waals surface area contributed by atoms with Crippen LogP contribution in [0.3, 0.4) is 0 Å². The van der Waals surface area contributed by atoms with Crippen molar-refractivity contribution in [2.75, 3.05) is 60.9 Å². The molecule has 1 saturated heterocycles. The van der Waals surface area contributed by atoms with Crippen LogP contribution in [0, 0.1) is 0 Å². The highest BCUT2D eigenvalue weighted by Gasteiger charge is 2.17. The number of anilines is 5. The fourth-order valence-electron chi connectivity index (χ4n) is 3.55. The minimum absolute atomic E-state index is 0.240. The predicted molar refractivity (Wildman–Crippen MR) is 135 cm³/mol. The maximum atomic E-state index is 11.5. The summed E-state index contributed by atoms with van der Waals surface area (Å²) in [6.45, 7) is 8.15. The molecule has 1 fully saturated rings. The number of carbonyl (C=O) groups excluding carboxylic acids is 1. The van der Waals surface area contributed by atoms with E-state index in [-0.39, 0.29) is 5.91 Å². The lowest BCUT2D eigenvalue weighted by atomic mass is 10.2. The Kier molecular flexibility index (Phi) is 8.25. The van der Waals surface area contributed by atoms with Gasteiger partial charge >= 0.3 is 0 Å². The molecule has 0 aliphatic carbocycles. The summed E-state index contributed by atoms with van der Waals surface area (Å²) in [4.78, 5) is 23.0. The lowest BCUT2D eigenvalue weighted by Gasteiger charge is -2.30. The van der Waals surface area contributed by atoms with E-state index in [1.165, 1.54) is 6.08 Å². The SMILES string of the molecule is C=CC(=O)Nc1ccc(CNc2nc(Nc3cnn(CCOC)c3)ncc2N2CCOCC2)cc1. The van der Waals surface area contributed by atoms with Crippen molar-refractivity contribution < 1.29 is 14.3 Å². The van der Waals surface area contributed by atoms with Gasteiger partial charge in [-0.15, -0.1) is 0 Å². The van der Waals surface area contributed by atoms with E-state index in [2.05, 4.69) is 37.5 Å². The van der Waals surface area contributed by atoms with Gasteiger partial charge in [-0.1, -0.05) is 18.7 Å². The zero-order chi connectivity index (χ0) is 24.5. The van der Waals surface area contributed by atoms with Crippen LogP contribution in [-0.4, -0.2) is 65.7 Å². The molecular formula is C24H30N8O3. The first kappa shape index (κ1) is 24.2. The van der Waals surface area contributed by atoms with Crippen molar-refractivity contribution in [1.29, 1.82) is 0 Å². The first-order valence-corrected chi connectivity index (χ1v) is 11.4. The molecule has 184 valence electrons. The van der Waals surface area contributed by atoms with Crippen molar-refractivity contribution in [3.63, 3.8) is 0 Å². The lowest BCUT2D eigenvalue weighted by molar-refractivity contribution is -0.111. The lowest BCUT2D eigenvalue weighted by Crippen LogP contribution is -2.36. The summed E-state index contributed by atoms with van der Waals surface area (Å²) in [6, 6.07) is 7.62. The smallest absolute Gasteiger partial charge is 0.247 e. The predicted octanol–water partition coefficient (Wildman–Crippen LogP) is 2.64. The number of nitrogens with one attached hydrogen (secondary N) is 3. The van der Waals surface area contributed by atoms with E-state index >= 15 is 0 Å². The molecule has 11 nitrogen and oxygen atoms in total. The molecule has 35 heavy (non-hydrogen) atoms. The van der Waals surface area contributed by atoms with Gasteiger partial charge in [-0.3, -0.25) is 9.48 Å². The first-order chi connectivity index (χ1) is 17.1. The average Bonchev–Trinajstić information content (AvgIpc) is 3.34. The molecule has 0 atom stereocenters. The Morgan fingerprint density at radius 2 is 2.00 bits per heavy atom. The van der Waals surface area contributed by atoms with Gasteiger partial charge < -0.3 is 30.3 Å². The molecule has 0 saturated carbocycles. The van der Waals surface area contributed by atoms with Crippen molar-refractivity contribution >= 4 is 34.7 Å². The van der Waals surface area contributed by atoms with Gasteiger partial charge in [-0.05, 0) is 23.8 Å². The molecule has 3 N–H and O–H groups in total. The minimum atomic E-state index is -0.240. The molecule has 1 amide bonds. The minimum Gasteiger partial charge on any atom is -0.383 e. The van der Waals surface area contributed by atoms with E-state index in [1.807, 2.05) is 36.7 Å². The molecular weight excluding hydrogens is 448 g/mol. The third-order valence-electron chi connectivity index (χ3n) is 5.40. The number of ether oxygens (including phenoxy) is 2. The summed E-state index contributed by atoms with van der Waals surface area (Å²) in [5.41, 5.74) is 3.47. The number of methoxy groups -OCH3 is 1. The standard InChI is InChI=1S/C24H30N8O3/c1-3-22(33)28-19-6-4-18(5-7-19)14-25-23-21(31-8-12-35-13-9-31)16-26-24(30-23)29-20-15-27-32(17-20)10-11-34-2/h3-7,15-17H,1,8-14H2,2H3,(H,28,33)(H2,25,26,29,30). The Morgan fingerprint density at radius 3 is 2.74 bits per heavy atom. The van der Waals surface area contributed by atoms with E-state index in [9.17, 15) is 4.79 Å². The maximum absolute atomic E-state index is 11.5. The molecule has 0 unspecified atom stereocenters. The zero-order valence-corrected chi connectivity index (χ0v) is 19.7. The quantitative estimate of drug-likeness (QED) is 0.357. The fraction of sp³-hybridized carbons (Fsp3) is 0.333. The van der Waals surface area contributed by atoms with E-state index < -0.39 is 0 Å². The Morgan fingerprint density at radius 1 is 1.20 bits per heavy atom. The molecule has 11 heteroatoms. The van der Waals surface area contributed by atoms with Crippen LogP contribution in [0.4, 0.5) is 28.8 Å². The number of hydrogen-bond acceptors (Lipinski definition) is 9. The van der Waals surface area contributed by atoms with Crippen LogP contribution < -0.4 is 20.9 Å². The van der Waals surface area contributed by atoms with Crippen molar-refractivity contribution in [2.45, 2.75) is 13.1 Å². The summed E-state index contributed by atoms with van der Waals surface area (Å²) in [5, 5.41) is 13.7. The second kappa shape index (κ2) is 12.0. The molecule has 3 heterocycles. The highest BCUT2D eigenvalue weighted by Crippen LogP contribution is 2.27. The molecule has 0 radical (unpaired) electrons. The average molecular weight is 479 g/mol. The van der Waals surface area contributed by atoms with E-state index in [0.717, 1.165) is 35.8 Å². The number of hydrogen-bond donors (Lipinski definition) is 3. The number of morpholine rings is 1. The Labute approximate surface area is 204 Å². The highest BCUT2D eigenvalue weighted by atomic mass is 16.5. The molecule has 4 rings (SSSR count). The summed E-state index contributed by atoms with van der Waals surface area (Å²) in [6.07, 6.45) is 6.69. The largest absolute Gasteiger partial charge is 0.383 e. The van der Waals surface area contributed by atoms with Gasteiger partial charge in [0.1, 0.15) is 0 Å². The van der Waals surface area contributed by atoms with Crippen LogP contribution in [0.2, 0.25) is 0 Å². The van der Waals surface area contributed by atoms with Crippen molar-refractivity contribution in [3.8, 4) is 0 Å². The second-order valence-corrected chi connectivity index (χ2v) is 7.88. The molecule has 0 bridgehead atoms. The van der Waals surface area contributed by atoms with Gasteiger partial charge in [0.25, 0.3) is 0 Å². The molecule has 1 aromatic carbocycles. The third-order valence-corrected chi connectivity index (χ3v) is 5.40. The van der Waals surface area contributed by atoms with Gasteiger partial charge in [0, 0.05) is 38.6 Å². The summed E-state index contributed by atoms with van der Waals surface area (Å²) in [5.74, 6) is 0.954. The number of benzene rings is 1. The van der Waals surface area contributed by atoms with Crippen LogP contribution in [0.25, 0.3) is 0 Å². The molecule has 1 aliphatic rings. The van der Waals surface area contributed by atoms with Gasteiger partial charge in [0.05, 0.1) is 50.1 Å². The molecule has 1 aliphatic heterocycles. The van der Waals surface area contributed by atoms with Crippen LogP contribution in [0.15, 0.2) is 55.5 Å². The van der Waals surface area contributed by atoms with Crippen molar-refractivity contribution in [1.82, 2.24) is 19.7 Å². The van der Waals surface area contributed by atoms with Crippen molar-refractivity contribution in [3.05, 3.63) is 61.1 Å². The van der Waals surface area contributed by atoms with Crippen LogP contribution >= 0.6 is 0 Å². The Balaban J connectivity index is 1.48. The highest BCUT2D eigenvalue weighted by molar-refractivity contribution is 5.98. The number of carbonyl (C=O) groups is 1. The Bertz CT molecular complexity index is 1130. The number of nitrogens with zero attached hydrogens (tertiary/aromatic N) is 5. The number of amides is 1. The van der Waals surface area contributed by atoms with E-state index in [4.69, 9.17) is 14.5 Å². The number of rotatable bonds is 11. The molecule has 3 aromatic rings. The van der Waals surface area contributed by atoms with Gasteiger partial charge in [-0.2, -0.15) is 10.1 Å². The normalized spacial score (nSPS) is 13.3. The Hall–Kier alpha value is -3.96. The van der Waals surface area contributed by atoms with E-state index in [0.29, 0.717) is 44.5 Å². The van der Waals surface area contributed by atoms with Gasteiger partial charge in [-0.25, -0.2) is 4.98 Å². The number of aromatic nitrogens is 4. The van der Waals surface area contributed by atoms with Crippen LogP contribution in [-0.2, 0) is 27.4 Å². The fourth-order valence-corrected chi connectivity index (χ4v) is 3.55. The van der Waals surface area contributed by atoms with Crippen molar-refractivity contribution in [2.24, 2.45) is 0 Å². The van der Waals surface area contributed by atoms with Gasteiger partial charge in [0.15, 0.2) is 5.82 Å². The zero-order valence-electron chi connectivity index (χ0n) is 19.7. The maximum Gasteiger partial charge on any atom is 0.247 e. The third kappa shape index (κ3) is 6.78. The summed E-state index contributed by atoms with van der Waals surface area (Å²) < 4.78 is 12.4. The summed E-state index contributed by atoms with van der Waals surface area (Å²) >= 11 is 0. The molecule has 2 aromatic heterocycles. The summed E-state index contributed by atoms with van der Waals surface area (Å²) in [7, 11) is 1.66. The van der Waals surface area contributed by atoms with Crippen LogP contribution in [0.1, 0.15) is 5.56 Å². The second-order valence-electron chi connectivity index (χ2n) is 7.88. The first-order valence-electron chi connectivity index (χ1n) is 11.4. The molecule has 0 spiro atoms. The van der Waals surface area contributed by atoms with Gasteiger partial charge in [0.2, 0.25) is 11.9 Å².